The second-order valence-electron chi connectivity index (χ2n) is 8.76. The summed E-state index contributed by atoms with van der Waals surface area (Å²) in [4.78, 5) is 8.88. The van der Waals surface area contributed by atoms with Gasteiger partial charge in [0.1, 0.15) is 0 Å². The maximum absolute atomic E-state index is 4.44. The van der Waals surface area contributed by atoms with E-state index in [9.17, 15) is 0 Å². The first kappa shape index (κ1) is 17.8. The van der Waals surface area contributed by atoms with Gasteiger partial charge in [0.15, 0.2) is 0 Å². The third-order valence-electron chi connectivity index (χ3n) is 7.03. The highest BCUT2D eigenvalue weighted by atomic mass is 15.0. The summed E-state index contributed by atoms with van der Waals surface area (Å²) in [5.41, 5.74) is 9.44. The molecule has 2 aliphatic heterocycles. The molecule has 0 spiro atoms. The van der Waals surface area contributed by atoms with E-state index < -0.39 is 0 Å². The van der Waals surface area contributed by atoms with Crippen molar-refractivity contribution in [1.82, 2.24) is 19.1 Å². The molecule has 34 heavy (non-hydrogen) atoms. The molecule has 4 heterocycles. The topological polar surface area (TPSA) is 35.6 Å². The molecule has 158 valence electrons. The first-order chi connectivity index (χ1) is 16.9. The van der Waals surface area contributed by atoms with Crippen molar-refractivity contribution < 1.29 is 0 Å². The van der Waals surface area contributed by atoms with Crippen LogP contribution in [-0.2, 0) is 0 Å². The van der Waals surface area contributed by atoms with Crippen LogP contribution < -0.4 is 0 Å². The van der Waals surface area contributed by atoms with Crippen molar-refractivity contribution in [2.24, 2.45) is 0 Å². The zero-order valence-corrected chi connectivity index (χ0v) is 18.2. The van der Waals surface area contributed by atoms with Gasteiger partial charge >= 0.3 is 0 Å². The number of hydrogen-bond donors (Lipinski definition) is 0. The van der Waals surface area contributed by atoms with Crippen LogP contribution in [0, 0.1) is 0 Å². The second-order valence-corrected chi connectivity index (χ2v) is 8.76. The molecular formula is C30H18N4. The van der Waals surface area contributed by atoms with Crippen LogP contribution in [0.15, 0.2) is 110 Å². The lowest BCUT2D eigenvalue weighted by Crippen LogP contribution is -2.10. The number of aromatic nitrogens is 4. The molecule has 0 aliphatic carbocycles. The van der Waals surface area contributed by atoms with Crippen molar-refractivity contribution in [2.45, 2.75) is 0 Å². The van der Waals surface area contributed by atoms with Gasteiger partial charge in [-0.1, -0.05) is 36.4 Å². The summed E-state index contributed by atoms with van der Waals surface area (Å²) in [5.74, 6) is 0. The molecule has 2 aliphatic rings. The molecule has 0 unspecified atom stereocenters. The van der Waals surface area contributed by atoms with Gasteiger partial charge in [-0.3, -0.25) is 9.97 Å². The normalized spacial score (nSPS) is 12.1. The number of nitrogens with zero attached hydrogens (tertiary/aromatic N) is 4. The van der Waals surface area contributed by atoms with Crippen LogP contribution in [0.4, 0.5) is 0 Å². The molecule has 0 saturated heterocycles. The number of rotatable bonds is 2. The summed E-state index contributed by atoms with van der Waals surface area (Å²) in [7, 11) is 0. The fourth-order valence-electron chi connectivity index (χ4n) is 5.74. The van der Waals surface area contributed by atoms with Gasteiger partial charge in [-0.2, -0.15) is 0 Å². The van der Waals surface area contributed by atoms with Gasteiger partial charge in [0.05, 0.1) is 45.8 Å². The van der Waals surface area contributed by atoms with Crippen LogP contribution in [0.5, 0.6) is 0 Å². The molecule has 4 nitrogen and oxygen atoms in total. The standard InChI is InChI=1S/C30H18N4/c1-5-19-11-13-26-29-27(19)23(9-1)33(21-7-3-15-31-17-21)25-14-12-20-6-2-10-24(28(20)30(25)29)34(26)22-8-4-16-32-18-22/h1-18H. The summed E-state index contributed by atoms with van der Waals surface area (Å²) in [6.45, 7) is 0. The zero-order valence-electron chi connectivity index (χ0n) is 18.2. The van der Waals surface area contributed by atoms with Gasteiger partial charge < -0.3 is 9.13 Å². The van der Waals surface area contributed by atoms with Gasteiger partial charge in [-0.25, -0.2) is 0 Å². The van der Waals surface area contributed by atoms with Gasteiger partial charge in [-0.05, 0) is 59.3 Å². The molecule has 0 fully saturated rings. The molecule has 2 aromatic heterocycles. The lowest BCUT2D eigenvalue weighted by Gasteiger charge is -2.28. The predicted molar refractivity (Wildman–Crippen MR) is 139 cm³/mol. The summed E-state index contributed by atoms with van der Waals surface area (Å²) in [5, 5.41) is 5.01. The number of hydrogen-bond acceptors (Lipinski definition) is 2. The highest BCUT2D eigenvalue weighted by Crippen LogP contribution is 2.49. The Bertz CT molecular complexity index is 1800. The molecule has 0 bridgehead atoms. The van der Waals surface area contributed by atoms with Crippen molar-refractivity contribution >= 4 is 43.6 Å². The molecule has 0 N–H and O–H groups in total. The molecule has 6 aromatic rings. The SMILES string of the molecule is c1cncc(-n2c3ccc4cccc5c4c3-c3c4c(cccc42)ccc3n5-c2cccnc2)c1. The fourth-order valence-corrected chi connectivity index (χ4v) is 5.74. The Kier molecular flexibility index (Phi) is 3.36. The molecule has 8 rings (SSSR count). The summed E-state index contributed by atoms with van der Waals surface area (Å²) < 4.78 is 4.72. The maximum atomic E-state index is 4.44. The minimum atomic E-state index is 1.06. The Balaban J connectivity index is 1.74. The highest BCUT2D eigenvalue weighted by molar-refractivity contribution is 6.26. The lowest BCUT2D eigenvalue weighted by molar-refractivity contribution is 1.11. The lowest BCUT2D eigenvalue weighted by atomic mass is 9.87. The van der Waals surface area contributed by atoms with Crippen molar-refractivity contribution in [3.8, 4) is 22.5 Å². The first-order valence-corrected chi connectivity index (χ1v) is 11.4. The van der Waals surface area contributed by atoms with Crippen LogP contribution in [0.2, 0.25) is 0 Å². The smallest absolute Gasteiger partial charge is 0.0645 e. The first-order valence-electron chi connectivity index (χ1n) is 11.4. The monoisotopic (exact) mass is 434 g/mol. The second kappa shape index (κ2) is 6.42. The predicted octanol–water partition coefficient (Wildman–Crippen LogP) is 7.21. The van der Waals surface area contributed by atoms with Crippen LogP contribution in [0.25, 0.3) is 66.1 Å². The largest absolute Gasteiger partial charge is 0.308 e. The summed E-state index contributed by atoms with van der Waals surface area (Å²) >= 11 is 0. The molecule has 0 saturated carbocycles. The van der Waals surface area contributed by atoms with Gasteiger partial charge in [0.2, 0.25) is 0 Å². The third-order valence-corrected chi connectivity index (χ3v) is 7.03. The van der Waals surface area contributed by atoms with Crippen LogP contribution in [0.3, 0.4) is 0 Å². The average Bonchev–Trinajstić information content (AvgIpc) is 2.91. The third kappa shape index (κ3) is 2.17. The van der Waals surface area contributed by atoms with Crippen molar-refractivity contribution in [3.05, 3.63) is 110 Å². The summed E-state index contributed by atoms with van der Waals surface area (Å²) in [6, 6.07) is 30.4. The van der Waals surface area contributed by atoms with Gasteiger partial charge in [-0.15, -0.1) is 0 Å². The van der Waals surface area contributed by atoms with E-state index in [0.717, 1.165) is 11.4 Å². The van der Waals surface area contributed by atoms with Crippen molar-refractivity contribution in [2.75, 3.05) is 0 Å². The number of pyridine rings is 4. The Hall–Kier alpha value is -4.70. The van der Waals surface area contributed by atoms with Crippen LogP contribution in [-0.4, -0.2) is 19.1 Å². The van der Waals surface area contributed by atoms with Crippen molar-refractivity contribution in [1.29, 1.82) is 0 Å². The van der Waals surface area contributed by atoms with Crippen molar-refractivity contribution in [3.63, 3.8) is 0 Å². The van der Waals surface area contributed by atoms with Gasteiger partial charge in [0.25, 0.3) is 0 Å². The maximum Gasteiger partial charge on any atom is 0.0645 e. The molecule has 0 atom stereocenters. The Morgan fingerprint density at radius 3 is 1.38 bits per heavy atom. The molecule has 4 aromatic carbocycles. The van der Waals surface area contributed by atoms with E-state index in [0.29, 0.717) is 0 Å². The number of benzene rings is 4. The minimum Gasteiger partial charge on any atom is -0.308 e. The van der Waals surface area contributed by atoms with E-state index in [4.69, 9.17) is 0 Å². The Morgan fingerprint density at radius 1 is 0.441 bits per heavy atom. The van der Waals surface area contributed by atoms with E-state index >= 15 is 0 Å². The van der Waals surface area contributed by atoms with E-state index in [-0.39, 0.29) is 0 Å². The Labute approximate surface area is 195 Å². The summed E-state index contributed by atoms with van der Waals surface area (Å²) in [6.07, 6.45) is 7.55. The highest BCUT2D eigenvalue weighted by Gasteiger charge is 2.26. The van der Waals surface area contributed by atoms with E-state index in [1.165, 1.54) is 54.7 Å². The molecule has 0 radical (unpaired) electrons. The molecule has 4 heteroatoms. The quantitative estimate of drug-likeness (QED) is 0.213. The Morgan fingerprint density at radius 2 is 0.941 bits per heavy atom. The van der Waals surface area contributed by atoms with Crippen LogP contribution >= 0.6 is 0 Å². The van der Waals surface area contributed by atoms with E-state index in [1.54, 1.807) is 0 Å². The zero-order chi connectivity index (χ0) is 22.2. The molecular weight excluding hydrogens is 416 g/mol. The van der Waals surface area contributed by atoms with E-state index in [2.05, 4.69) is 91.9 Å². The minimum absolute atomic E-state index is 1.06. The van der Waals surface area contributed by atoms with E-state index in [1.807, 2.05) is 36.9 Å². The average molecular weight is 435 g/mol. The van der Waals surface area contributed by atoms with Crippen LogP contribution in [0.1, 0.15) is 0 Å². The van der Waals surface area contributed by atoms with Gasteiger partial charge in [0, 0.05) is 34.3 Å². The fraction of sp³-hybridized carbons (Fsp3) is 0. The molecule has 0 amide bonds.